The lowest BCUT2D eigenvalue weighted by Crippen LogP contribution is -2.37. The van der Waals surface area contributed by atoms with Crippen molar-refractivity contribution < 1.29 is 9.59 Å². The number of benzene rings is 1. The largest absolute Gasteiger partial charge is 0.339 e. The van der Waals surface area contributed by atoms with Gasteiger partial charge in [-0.1, -0.05) is 37.1 Å². The monoisotopic (exact) mass is 298 g/mol. The van der Waals surface area contributed by atoms with Crippen LogP contribution in [0.3, 0.4) is 0 Å². The first-order valence-corrected chi connectivity index (χ1v) is 8.37. The van der Waals surface area contributed by atoms with Crippen LogP contribution >= 0.6 is 0 Å². The third-order valence-corrected chi connectivity index (χ3v) is 5.43. The molecule has 116 valence electrons. The van der Waals surface area contributed by atoms with Crippen molar-refractivity contribution in [3.05, 3.63) is 35.4 Å². The standard InChI is InChI=1S/C18H22N2O2/c21-17-9-15(12-20(17)16-7-3-4-8-16)18(22)19-10-13-5-1-2-6-14(13)11-19/h1-2,5-6,15-16H,3-4,7-12H2. The number of nitrogens with zero attached hydrogens (tertiary/aromatic N) is 2. The van der Waals surface area contributed by atoms with E-state index in [2.05, 4.69) is 12.1 Å². The van der Waals surface area contributed by atoms with Crippen LogP contribution < -0.4 is 0 Å². The average Bonchev–Trinajstić information content (AvgIpc) is 3.24. The topological polar surface area (TPSA) is 40.6 Å². The third kappa shape index (κ3) is 2.31. The number of rotatable bonds is 2. The average molecular weight is 298 g/mol. The molecule has 1 aliphatic carbocycles. The maximum atomic E-state index is 12.8. The number of carbonyl (C=O) groups is 2. The van der Waals surface area contributed by atoms with Crippen LogP contribution in [0.1, 0.15) is 43.2 Å². The summed E-state index contributed by atoms with van der Waals surface area (Å²) in [5.74, 6) is 0.203. The molecule has 2 amide bonds. The number of carbonyl (C=O) groups excluding carboxylic acids is 2. The van der Waals surface area contributed by atoms with Crippen molar-refractivity contribution in [1.82, 2.24) is 9.80 Å². The Labute approximate surface area is 131 Å². The number of amides is 2. The molecule has 0 N–H and O–H groups in total. The molecular weight excluding hydrogens is 276 g/mol. The molecular formula is C18H22N2O2. The fourth-order valence-corrected chi connectivity index (χ4v) is 4.21. The minimum atomic E-state index is -0.137. The molecule has 22 heavy (non-hydrogen) atoms. The Hall–Kier alpha value is -1.84. The van der Waals surface area contributed by atoms with E-state index >= 15 is 0 Å². The van der Waals surface area contributed by atoms with E-state index in [4.69, 9.17) is 0 Å². The van der Waals surface area contributed by atoms with Crippen molar-refractivity contribution in [2.24, 2.45) is 5.92 Å². The van der Waals surface area contributed by atoms with Crippen molar-refractivity contribution in [3.63, 3.8) is 0 Å². The zero-order chi connectivity index (χ0) is 15.1. The van der Waals surface area contributed by atoms with Crippen molar-refractivity contribution in [2.45, 2.75) is 51.2 Å². The Bertz CT molecular complexity index is 582. The number of hydrogen-bond donors (Lipinski definition) is 0. The predicted octanol–water partition coefficient (Wildman–Crippen LogP) is 2.32. The first-order chi connectivity index (χ1) is 10.7. The SMILES string of the molecule is O=C(C1CC(=O)N(C2CCCC2)C1)N1Cc2ccccc2C1. The number of hydrogen-bond acceptors (Lipinski definition) is 2. The molecule has 1 unspecified atom stereocenters. The van der Waals surface area contributed by atoms with Gasteiger partial charge in [-0.05, 0) is 24.0 Å². The van der Waals surface area contributed by atoms with Gasteiger partial charge in [0.05, 0.1) is 5.92 Å². The van der Waals surface area contributed by atoms with Crippen LogP contribution in [0.15, 0.2) is 24.3 Å². The zero-order valence-corrected chi connectivity index (χ0v) is 12.8. The predicted molar refractivity (Wildman–Crippen MR) is 82.8 cm³/mol. The summed E-state index contributed by atoms with van der Waals surface area (Å²) in [6, 6.07) is 8.61. The Morgan fingerprint density at radius 2 is 1.68 bits per heavy atom. The summed E-state index contributed by atoms with van der Waals surface area (Å²) in [5, 5.41) is 0. The van der Waals surface area contributed by atoms with E-state index in [1.165, 1.54) is 24.0 Å². The summed E-state index contributed by atoms with van der Waals surface area (Å²) in [6.45, 7) is 2.03. The Kier molecular flexibility index (Phi) is 3.40. The molecule has 4 nitrogen and oxygen atoms in total. The summed E-state index contributed by atoms with van der Waals surface area (Å²) in [6.07, 6.45) is 5.06. The van der Waals surface area contributed by atoms with Crippen molar-refractivity contribution in [1.29, 1.82) is 0 Å². The van der Waals surface area contributed by atoms with Crippen LogP contribution in [0.2, 0.25) is 0 Å². The molecule has 1 saturated heterocycles. The molecule has 0 aromatic heterocycles. The summed E-state index contributed by atoms with van der Waals surface area (Å²) in [5.41, 5.74) is 2.49. The fraction of sp³-hybridized carbons (Fsp3) is 0.556. The van der Waals surface area contributed by atoms with Gasteiger partial charge in [-0.3, -0.25) is 9.59 Å². The van der Waals surface area contributed by atoms with Crippen LogP contribution in [0.25, 0.3) is 0 Å². The van der Waals surface area contributed by atoms with E-state index in [1.807, 2.05) is 21.9 Å². The molecule has 1 atom stereocenters. The minimum absolute atomic E-state index is 0.137. The van der Waals surface area contributed by atoms with Crippen molar-refractivity contribution >= 4 is 11.8 Å². The second kappa shape index (κ2) is 5.41. The lowest BCUT2D eigenvalue weighted by atomic mass is 10.1. The second-order valence-corrected chi connectivity index (χ2v) is 6.85. The molecule has 0 spiro atoms. The highest BCUT2D eigenvalue weighted by atomic mass is 16.2. The van der Waals surface area contributed by atoms with E-state index in [9.17, 15) is 9.59 Å². The lowest BCUT2D eigenvalue weighted by Gasteiger charge is -2.25. The molecule has 3 aliphatic rings. The van der Waals surface area contributed by atoms with Gasteiger partial charge in [-0.15, -0.1) is 0 Å². The molecule has 0 bridgehead atoms. The smallest absolute Gasteiger partial charge is 0.228 e. The third-order valence-electron chi connectivity index (χ3n) is 5.43. The Balaban J connectivity index is 1.43. The van der Waals surface area contributed by atoms with E-state index in [1.54, 1.807) is 0 Å². The number of fused-ring (bicyclic) bond motifs is 1. The van der Waals surface area contributed by atoms with Crippen molar-refractivity contribution in [2.75, 3.05) is 6.54 Å². The normalized spacial score (nSPS) is 25.1. The minimum Gasteiger partial charge on any atom is -0.339 e. The summed E-state index contributed by atoms with van der Waals surface area (Å²) in [4.78, 5) is 28.9. The zero-order valence-electron chi connectivity index (χ0n) is 12.8. The summed E-state index contributed by atoms with van der Waals surface area (Å²) >= 11 is 0. The molecule has 2 fully saturated rings. The lowest BCUT2D eigenvalue weighted by molar-refractivity contribution is -0.136. The molecule has 1 aromatic carbocycles. The molecule has 4 rings (SSSR count). The van der Waals surface area contributed by atoms with Gasteiger partial charge in [0.2, 0.25) is 11.8 Å². The van der Waals surface area contributed by atoms with E-state index < -0.39 is 0 Å². The maximum Gasteiger partial charge on any atom is 0.228 e. The van der Waals surface area contributed by atoms with Crippen LogP contribution in [0.5, 0.6) is 0 Å². The van der Waals surface area contributed by atoms with Gasteiger partial charge in [0.1, 0.15) is 0 Å². The highest BCUT2D eigenvalue weighted by Gasteiger charge is 2.40. The van der Waals surface area contributed by atoms with Gasteiger partial charge < -0.3 is 9.80 Å². The van der Waals surface area contributed by atoms with Gasteiger partial charge in [-0.25, -0.2) is 0 Å². The fourth-order valence-electron chi connectivity index (χ4n) is 4.21. The second-order valence-electron chi connectivity index (χ2n) is 6.85. The molecule has 2 heterocycles. The quantitative estimate of drug-likeness (QED) is 0.841. The summed E-state index contributed by atoms with van der Waals surface area (Å²) in [7, 11) is 0. The van der Waals surface area contributed by atoms with E-state index in [0.29, 0.717) is 32.1 Å². The van der Waals surface area contributed by atoms with Gasteiger partial charge in [0.15, 0.2) is 0 Å². The van der Waals surface area contributed by atoms with Crippen LogP contribution in [0, 0.1) is 5.92 Å². The van der Waals surface area contributed by atoms with Gasteiger partial charge in [0, 0.05) is 32.1 Å². The molecule has 0 radical (unpaired) electrons. The Morgan fingerprint density at radius 1 is 1.05 bits per heavy atom. The maximum absolute atomic E-state index is 12.8. The molecule has 2 aliphatic heterocycles. The van der Waals surface area contributed by atoms with Gasteiger partial charge >= 0.3 is 0 Å². The first kappa shape index (κ1) is 13.8. The van der Waals surface area contributed by atoms with Crippen LogP contribution in [-0.2, 0) is 22.7 Å². The number of likely N-dealkylation sites (tertiary alicyclic amines) is 1. The van der Waals surface area contributed by atoms with Crippen molar-refractivity contribution in [3.8, 4) is 0 Å². The molecule has 4 heteroatoms. The highest BCUT2D eigenvalue weighted by Crippen LogP contribution is 2.32. The molecule has 1 saturated carbocycles. The van der Waals surface area contributed by atoms with Gasteiger partial charge in [-0.2, -0.15) is 0 Å². The van der Waals surface area contributed by atoms with E-state index in [-0.39, 0.29) is 17.7 Å². The van der Waals surface area contributed by atoms with Gasteiger partial charge in [0.25, 0.3) is 0 Å². The highest BCUT2D eigenvalue weighted by molar-refractivity contribution is 5.89. The van der Waals surface area contributed by atoms with Crippen LogP contribution in [-0.4, -0.2) is 34.2 Å². The van der Waals surface area contributed by atoms with E-state index in [0.717, 1.165) is 12.8 Å². The molecule has 1 aromatic rings. The Morgan fingerprint density at radius 3 is 2.32 bits per heavy atom. The summed E-state index contributed by atoms with van der Waals surface area (Å²) < 4.78 is 0. The van der Waals surface area contributed by atoms with Crippen LogP contribution in [0.4, 0.5) is 0 Å². The first-order valence-electron chi connectivity index (χ1n) is 8.37.